The summed E-state index contributed by atoms with van der Waals surface area (Å²) >= 11 is 0. The molecule has 1 aromatic carbocycles. The summed E-state index contributed by atoms with van der Waals surface area (Å²) in [6.45, 7) is 0.134. The first-order valence-corrected chi connectivity index (χ1v) is 14.1. The number of aromatic nitrogens is 4. The number of alkyl halides is 3. The third kappa shape index (κ3) is 4.81. The second-order valence-electron chi connectivity index (χ2n) is 11.7. The SMILES string of the molecule is OC(O)c1cncc(-c2noc(C34CCC(OCc5c(-c6ccccc6C(F)(F)F)noc5C5CC5)(CC3)CC4)n2)c1. The molecule has 4 fully saturated rings. The van der Waals surface area contributed by atoms with E-state index in [9.17, 15) is 23.4 Å². The molecule has 2 N–H and O–H groups in total. The molecule has 42 heavy (non-hydrogen) atoms. The lowest BCUT2D eigenvalue weighted by molar-refractivity contribution is -0.137. The molecule has 0 saturated heterocycles. The van der Waals surface area contributed by atoms with Gasteiger partial charge in [-0.25, -0.2) is 0 Å². The quantitative estimate of drug-likeness (QED) is 0.233. The predicted octanol–water partition coefficient (Wildman–Crippen LogP) is 6.23. The van der Waals surface area contributed by atoms with E-state index < -0.39 is 23.6 Å². The molecule has 0 radical (unpaired) electrons. The van der Waals surface area contributed by atoms with Gasteiger partial charge in [-0.1, -0.05) is 28.5 Å². The molecular weight excluding hydrogens is 553 g/mol. The number of aliphatic hydroxyl groups excluding tert-OH is 1. The summed E-state index contributed by atoms with van der Waals surface area (Å²) in [5.74, 6) is 1.67. The van der Waals surface area contributed by atoms with E-state index in [0.717, 1.165) is 57.4 Å². The van der Waals surface area contributed by atoms with Gasteiger partial charge in [0.15, 0.2) is 6.29 Å². The Labute approximate surface area is 238 Å². The van der Waals surface area contributed by atoms with Crippen molar-refractivity contribution < 1.29 is 37.2 Å². The lowest BCUT2D eigenvalue weighted by atomic mass is 9.58. The van der Waals surface area contributed by atoms with Gasteiger partial charge in [-0.15, -0.1) is 0 Å². The Kier molecular flexibility index (Phi) is 6.48. The molecule has 4 aromatic rings. The van der Waals surface area contributed by atoms with Crippen LogP contribution in [0, 0.1) is 0 Å². The van der Waals surface area contributed by atoms with Gasteiger partial charge in [-0.05, 0) is 63.5 Å². The molecule has 4 aliphatic carbocycles. The summed E-state index contributed by atoms with van der Waals surface area (Å²) in [7, 11) is 0. The third-order valence-corrected chi connectivity index (χ3v) is 9.15. The Hall–Kier alpha value is -3.61. The highest BCUT2D eigenvalue weighted by Gasteiger charge is 2.53. The van der Waals surface area contributed by atoms with Gasteiger partial charge in [0, 0.05) is 40.6 Å². The molecular formula is C30H29F3N4O5. The summed E-state index contributed by atoms with van der Waals surface area (Å²) in [4.78, 5) is 8.70. The first-order valence-electron chi connectivity index (χ1n) is 14.1. The summed E-state index contributed by atoms with van der Waals surface area (Å²) in [5.41, 5.74) is 0.142. The van der Waals surface area contributed by atoms with Gasteiger partial charge in [-0.3, -0.25) is 4.98 Å². The molecule has 3 heterocycles. The maximum absolute atomic E-state index is 13.8. The van der Waals surface area contributed by atoms with Crippen LogP contribution in [0.2, 0.25) is 0 Å². The molecule has 9 nitrogen and oxygen atoms in total. The van der Waals surface area contributed by atoms with E-state index in [1.165, 1.54) is 18.3 Å². The van der Waals surface area contributed by atoms with E-state index in [1.54, 1.807) is 18.3 Å². The van der Waals surface area contributed by atoms with Gasteiger partial charge >= 0.3 is 6.18 Å². The monoisotopic (exact) mass is 582 g/mol. The fourth-order valence-corrected chi connectivity index (χ4v) is 6.47. The zero-order chi connectivity index (χ0) is 29.1. The number of rotatable bonds is 8. The molecule has 2 bridgehead atoms. The van der Waals surface area contributed by atoms with Gasteiger partial charge in [0.1, 0.15) is 11.5 Å². The zero-order valence-electron chi connectivity index (χ0n) is 22.6. The highest BCUT2D eigenvalue weighted by Crippen LogP contribution is 2.55. The molecule has 0 spiro atoms. The Balaban J connectivity index is 1.09. The van der Waals surface area contributed by atoms with Gasteiger partial charge in [0.25, 0.3) is 0 Å². The minimum Gasteiger partial charge on any atom is -0.370 e. The number of hydrogen-bond acceptors (Lipinski definition) is 9. The number of benzene rings is 1. The summed E-state index contributed by atoms with van der Waals surface area (Å²) in [6.07, 6.45) is 3.12. The maximum atomic E-state index is 13.8. The first-order chi connectivity index (χ1) is 20.2. The van der Waals surface area contributed by atoms with Crippen molar-refractivity contribution in [3.8, 4) is 22.6 Å². The molecule has 8 rings (SSSR count). The first kappa shape index (κ1) is 27.2. The molecule has 0 atom stereocenters. The molecule has 4 saturated carbocycles. The van der Waals surface area contributed by atoms with Gasteiger partial charge in [0.05, 0.1) is 23.2 Å². The van der Waals surface area contributed by atoms with E-state index >= 15 is 0 Å². The second-order valence-corrected chi connectivity index (χ2v) is 11.7. The van der Waals surface area contributed by atoms with E-state index in [4.69, 9.17) is 13.8 Å². The number of halogens is 3. The van der Waals surface area contributed by atoms with Gasteiger partial charge in [0.2, 0.25) is 11.7 Å². The minimum absolute atomic E-state index is 0.00416. The maximum Gasteiger partial charge on any atom is 0.417 e. The van der Waals surface area contributed by atoms with Crippen molar-refractivity contribution >= 4 is 0 Å². The fraction of sp³-hybridized carbons (Fsp3) is 0.467. The zero-order valence-corrected chi connectivity index (χ0v) is 22.6. The van der Waals surface area contributed by atoms with Crippen molar-refractivity contribution in [2.45, 2.75) is 87.4 Å². The van der Waals surface area contributed by atoms with Crippen LogP contribution in [0.5, 0.6) is 0 Å². The third-order valence-electron chi connectivity index (χ3n) is 9.15. The predicted molar refractivity (Wildman–Crippen MR) is 141 cm³/mol. The summed E-state index contributed by atoms with van der Waals surface area (Å²) in [6, 6.07) is 7.02. The lowest BCUT2D eigenvalue weighted by Crippen LogP contribution is -2.49. The topological polar surface area (TPSA) is 128 Å². The molecule has 0 amide bonds. The van der Waals surface area contributed by atoms with Crippen LogP contribution in [-0.4, -0.2) is 36.1 Å². The van der Waals surface area contributed by atoms with Crippen molar-refractivity contribution in [2.24, 2.45) is 0 Å². The second kappa shape index (κ2) is 9.99. The number of pyridine rings is 1. The lowest BCUT2D eigenvalue weighted by Gasteiger charge is -2.51. The highest BCUT2D eigenvalue weighted by molar-refractivity contribution is 5.68. The summed E-state index contributed by atoms with van der Waals surface area (Å²) in [5, 5.41) is 27.2. The van der Waals surface area contributed by atoms with Gasteiger partial charge in [-0.2, -0.15) is 18.2 Å². The van der Waals surface area contributed by atoms with Crippen LogP contribution >= 0.6 is 0 Å². The molecule has 12 heteroatoms. The Morgan fingerprint density at radius 2 is 1.71 bits per heavy atom. The van der Waals surface area contributed by atoms with Crippen LogP contribution in [0.15, 0.2) is 51.8 Å². The average Bonchev–Trinajstić information content (AvgIpc) is 3.55. The van der Waals surface area contributed by atoms with Crippen molar-refractivity contribution in [1.82, 2.24) is 20.3 Å². The minimum atomic E-state index is -4.52. The molecule has 0 unspecified atom stereocenters. The average molecular weight is 583 g/mol. The Morgan fingerprint density at radius 1 is 0.976 bits per heavy atom. The van der Waals surface area contributed by atoms with Crippen LogP contribution in [0.4, 0.5) is 13.2 Å². The van der Waals surface area contributed by atoms with E-state index in [2.05, 4.69) is 20.3 Å². The molecule has 0 aliphatic heterocycles. The number of ether oxygens (including phenoxy) is 1. The summed E-state index contributed by atoms with van der Waals surface area (Å²) < 4.78 is 59.4. The Bertz CT molecular complexity index is 1590. The van der Waals surface area contributed by atoms with Crippen molar-refractivity contribution in [1.29, 1.82) is 0 Å². The van der Waals surface area contributed by atoms with Crippen LogP contribution in [0.25, 0.3) is 22.6 Å². The van der Waals surface area contributed by atoms with Crippen molar-refractivity contribution in [3.05, 3.63) is 71.1 Å². The number of hydrogen-bond donors (Lipinski definition) is 2. The smallest absolute Gasteiger partial charge is 0.370 e. The molecule has 220 valence electrons. The highest BCUT2D eigenvalue weighted by atomic mass is 19.4. The van der Waals surface area contributed by atoms with Gasteiger partial charge < -0.3 is 24.0 Å². The number of fused-ring (bicyclic) bond motifs is 3. The van der Waals surface area contributed by atoms with Crippen LogP contribution in [0.1, 0.15) is 91.9 Å². The van der Waals surface area contributed by atoms with Crippen LogP contribution < -0.4 is 0 Å². The number of nitrogens with zero attached hydrogens (tertiary/aromatic N) is 4. The standard InChI is InChI=1S/C30H29F3N4O5/c31-30(32,33)22-4-2-1-3-20(22)23-21(24(41-36-23)17-5-6-17)16-40-29-10-7-28(8-11-29,9-12-29)27-35-25(37-42-27)18-13-19(26(38)39)15-34-14-18/h1-4,13-15,17,26,38-39H,5-12,16H2. The molecule has 4 aliphatic rings. The van der Waals surface area contributed by atoms with E-state index in [-0.39, 0.29) is 34.8 Å². The van der Waals surface area contributed by atoms with Crippen LogP contribution in [-0.2, 0) is 22.9 Å². The Morgan fingerprint density at radius 3 is 2.40 bits per heavy atom. The van der Waals surface area contributed by atoms with Crippen molar-refractivity contribution in [2.75, 3.05) is 0 Å². The number of aliphatic hydroxyl groups is 2. The van der Waals surface area contributed by atoms with Crippen molar-refractivity contribution in [3.63, 3.8) is 0 Å². The van der Waals surface area contributed by atoms with E-state index in [1.807, 2.05) is 0 Å². The largest absolute Gasteiger partial charge is 0.417 e. The fourth-order valence-electron chi connectivity index (χ4n) is 6.47. The molecule has 3 aromatic heterocycles. The van der Waals surface area contributed by atoms with E-state index in [0.29, 0.717) is 28.6 Å². The van der Waals surface area contributed by atoms with Crippen LogP contribution in [0.3, 0.4) is 0 Å². The normalized spacial score (nSPS) is 24.0.